The lowest BCUT2D eigenvalue weighted by atomic mass is 10.1. The van der Waals surface area contributed by atoms with Gasteiger partial charge in [0.05, 0.1) is 10.6 Å². The Balaban J connectivity index is 2.14. The van der Waals surface area contributed by atoms with Crippen LogP contribution in [0.5, 0.6) is 5.75 Å². The van der Waals surface area contributed by atoms with Gasteiger partial charge >= 0.3 is 0 Å². The van der Waals surface area contributed by atoms with E-state index in [1.54, 1.807) is 12.1 Å². The molecule has 1 aromatic heterocycles. The van der Waals surface area contributed by atoms with E-state index in [4.69, 9.17) is 9.26 Å². The smallest absolute Gasteiger partial charge is 0.270 e. The van der Waals surface area contributed by atoms with Crippen LogP contribution >= 0.6 is 0 Å². The first-order chi connectivity index (χ1) is 10.1. The van der Waals surface area contributed by atoms with Gasteiger partial charge in [-0.2, -0.15) is 0 Å². The van der Waals surface area contributed by atoms with Crippen LogP contribution in [-0.4, -0.2) is 16.6 Å². The molecule has 1 heterocycles. The number of aryl methyl sites for hydroxylation is 1. The molecule has 0 spiro atoms. The molecule has 2 aromatic rings. The molecule has 0 fully saturated rings. The number of nitrogens with zero attached hydrogens (tertiary/aromatic N) is 2. The number of nitro benzene ring substituents is 1. The molecule has 0 aliphatic carbocycles. The topological polar surface area (TPSA) is 90.4 Å². The Hall–Kier alpha value is -2.41. The summed E-state index contributed by atoms with van der Waals surface area (Å²) >= 11 is 0. The summed E-state index contributed by atoms with van der Waals surface area (Å²) in [4.78, 5) is 10.4. The molecular weight excluding hydrogens is 274 g/mol. The number of rotatable bonds is 7. The van der Waals surface area contributed by atoms with E-state index in [9.17, 15) is 10.1 Å². The van der Waals surface area contributed by atoms with E-state index in [-0.39, 0.29) is 12.3 Å². The van der Waals surface area contributed by atoms with Crippen molar-refractivity contribution in [1.82, 2.24) is 10.5 Å². The van der Waals surface area contributed by atoms with Gasteiger partial charge in [-0.25, -0.2) is 0 Å². The van der Waals surface area contributed by atoms with Gasteiger partial charge in [-0.1, -0.05) is 12.1 Å². The molecule has 21 heavy (non-hydrogen) atoms. The standard InChI is InChI=1S/C14H17N3O4/c1-3-15-8-11-7-12(17(18)19)4-5-14(11)20-9-13-6-10(2)16-21-13/h4-7,15H,3,8-9H2,1-2H3. The normalized spacial score (nSPS) is 10.6. The molecule has 0 saturated heterocycles. The SMILES string of the molecule is CCNCc1cc([N+](=O)[O-])ccc1OCc1cc(C)no1. The van der Waals surface area contributed by atoms with Crippen LogP contribution in [0.15, 0.2) is 28.8 Å². The molecule has 0 amide bonds. The van der Waals surface area contributed by atoms with Gasteiger partial charge in [0, 0.05) is 30.3 Å². The summed E-state index contributed by atoms with van der Waals surface area (Å²) in [6.07, 6.45) is 0. The molecule has 0 radical (unpaired) electrons. The Morgan fingerprint density at radius 3 is 2.86 bits per heavy atom. The van der Waals surface area contributed by atoms with Crippen molar-refractivity contribution in [2.45, 2.75) is 27.0 Å². The Morgan fingerprint density at radius 2 is 2.24 bits per heavy atom. The fraction of sp³-hybridized carbons (Fsp3) is 0.357. The summed E-state index contributed by atoms with van der Waals surface area (Å²) in [5.74, 6) is 1.20. The second-order valence-corrected chi connectivity index (χ2v) is 4.55. The van der Waals surface area contributed by atoms with Gasteiger partial charge in [0.15, 0.2) is 5.76 Å². The van der Waals surface area contributed by atoms with Crippen LogP contribution in [0.25, 0.3) is 0 Å². The van der Waals surface area contributed by atoms with Crippen molar-refractivity contribution in [3.63, 3.8) is 0 Å². The van der Waals surface area contributed by atoms with Crippen molar-refractivity contribution in [3.8, 4) is 5.75 Å². The van der Waals surface area contributed by atoms with Crippen molar-refractivity contribution in [1.29, 1.82) is 0 Å². The highest BCUT2D eigenvalue weighted by atomic mass is 16.6. The molecule has 0 unspecified atom stereocenters. The van der Waals surface area contributed by atoms with Crippen molar-refractivity contribution in [2.24, 2.45) is 0 Å². The van der Waals surface area contributed by atoms with Gasteiger partial charge in [-0.05, 0) is 19.5 Å². The fourth-order valence-electron chi connectivity index (χ4n) is 1.85. The number of hydrogen-bond donors (Lipinski definition) is 1. The van der Waals surface area contributed by atoms with Crippen molar-refractivity contribution in [2.75, 3.05) is 6.54 Å². The Bertz CT molecular complexity index is 624. The van der Waals surface area contributed by atoms with E-state index in [1.165, 1.54) is 12.1 Å². The van der Waals surface area contributed by atoms with Gasteiger partial charge in [-0.3, -0.25) is 10.1 Å². The van der Waals surface area contributed by atoms with E-state index in [0.717, 1.165) is 17.8 Å². The van der Waals surface area contributed by atoms with Gasteiger partial charge in [0.25, 0.3) is 5.69 Å². The number of aromatic nitrogens is 1. The molecule has 7 nitrogen and oxygen atoms in total. The highest BCUT2D eigenvalue weighted by Crippen LogP contribution is 2.25. The first-order valence-corrected chi connectivity index (χ1v) is 6.63. The van der Waals surface area contributed by atoms with Gasteiger partial charge in [0.2, 0.25) is 0 Å². The second-order valence-electron chi connectivity index (χ2n) is 4.55. The molecule has 112 valence electrons. The summed E-state index contributed by atoms with van der Waals surface area (Å²) in [5, 5.41) is 17.8. The predicted molar refractivity (Wildman–Crippen MR) is 76.0 cm³/mol. The third-order valence-electron chi connectivity index (χ3n) is 2.87. The maximum Gasteiger partial charge on any atom is 0.270 e. The van der Waals surface area contributed by atoms with E-state index in [1.807, 2.05) is 13.8 Å². The first-order valence-electron chi connectivity index (χ1n) is 6.63. The number of ether oxygens (including phenoxy) is 1. The number of nitro groups is 1. The minimum absolute atomic E-state index is 0.0470. The van der Waals surface area contributed by atoms with Gasteiger partial charge in [-0.15, -0.1) is 0 Å². The van der Waals surface area contributed by atoms with Crippen molar-refractivity contribution < 1.29 is 14.2 Å². The van der Waals surface area contributed by atoms with Crippen LogP contribution in [0.4, 0.5) is 5.69 Å². The van der Waals surface area contributed by atoms with E-state index < -0.39 is 4.92 Å². The van der Waals surface area contributed by atoms with Gasteiger partial charge in [0.1, 0.15) is 12.4 Å². The summed E-state index contributed by atoms with van der Waals surface area (Å²) in [6, 6.07) is 6.34. The van der Waals surface area contributed by atoms with Crippen LogP contribution < -0.4 is 10.1 Å². The molecule has 0 bridgehead atoms. The third-order valence-corrected chi connectivity index (χ3v) is 2.87. The van der Waals surface area contributed by atoms with E-state index in [2.05, 4.69) is 10.5 Å². The average molecular weight is 291 g/mol. The number of benzene rings is 1. The first kappa shape index (κ1) is 15.0. The van der Waals surface area contributed by atoms with Gasteiger partial charge < -0.3 is 14.6 Å². The molecule has 1 aromatic carbocycles. The Labute approximate surface area is 122 Å². The largest absolute Gasteiger partial charge is 0.485 e. The summed E-state index contributed by atoms with van der Waals surface area (Å²) in [6.45, 7) is 5.30. The van der Waals surface area contributed by atoms with E-state index in [0.29, 0.717) is 18.1 Å². The molecule has 0 aliphatic rings. The lowest BCUT2D eigenvalue weighted by Crippen LogP contribution is -2.13. The summed E-state index contributed by atoms with van der Waals surface area (Å²) in [5.41, 5.74) is 1.57. The average Bonchev–Trinajstić information content (AvgIpc) is 2.88. The van der Waals surface area contributed by atoms with Crippen LogP contribution in [-0.2, 0) is 13.2 Å². The number of nitrogens with one attached hydrogen (secondary N) is 1. The number of non-ortho nitro benzene ring substituents is 1. The summed E-state index contributed by atoms with van der Waals surface area (Å²) in [7, 11) is 0. The predicted octanol–water partition coefficient (Wildman–Crippen LogP) is 2.58. The van der Waals surface area contributed by atoms with E-state index >= 15 is 0 Å². The lowest BCUT2D eigenvalue weighted by Gasteiger charge is -2.10. The molecule has 7 heteroatoms. The quantitative estimate of drug-likeness (QED) is 0.623. The zero-order chi connectivity index (χ0) is 15.2. The second kappa shape index (κ2) is 6.85. The third kappa shape index (κ3) is 4.03. The molecule has 0 atom stereocenters. The van der Waals surface area contributed by atoms with Crippen LogP contribution in [0.3, 0.4) is 0 Å². The zero-order valence-electron chi connectivity index (χ0n) is 12.0. The van der Waals surface area contributed by atoms with Crippen molar-refractivity contribution in [3.05, 3.63) is 51.4 Å². The minimum atomic E-state index is -0.418. The Kier molecular flexibility index (Phi) is 4.89. The lowest BCUT2D eigenvalue weighted by molar-refractivity contribution is -0.384. The molecule has 2 rings (SSSR count). The molecule has 1 N–H and O–H groups in total. The molecule has 0 saturated carbocycles. The highest BCUT2D eigenvalue weighted by molar-refractivity contribution is 5.43. The highest BCUT2D eigenvalue weighted by Gasteiger charge is 2.12. The van der Waals surface area contributed by atoms with Crippen LogP contribution in [0.1, 0.15) is 23.9 Å². The zero-order valence-corrected chi connectivity index (χ0v) is 12.0. The minimum Gasteiger partial charge on any atom is -0.485 e. The Morgan fingerprint density at radius 1 is 1.43 bits per heavy atom. The molecule has 0 aliphatic heterocycles. The summed E-state index contributed by atoms with van der Waals surface area (Å²) < 4.78 is 10.7. The van der Waals surface area contributed by atoms with Crippen LogP contribution in [0.2, 0.25) is 0 Å². The fourth-order valence-corrected chi connectivity index (χ4v) is 1.85. The maximum atomic E-state index is 10.8. The van der Waals surface area contributed by atoms with Crippen LogP contribution in [0, 0.1) is 17.0 Å². The van der Waals surface area contributed by atoms with Crippen molar-refractivity contribution >= 4 is 5.69 Å². The molecular formula is C14H17N3O4. The monoisotopic (exact) mass is 291 g/mol. The number of hydrogen-bond acceptors (Lipinski definition) is 6. The maximum absolute atomic E-state index is 10.8.